The van der Waals surface area contributed by atoms with Gasteiger partial charge in [0.15, 0.2) is 5.82 Å². The fraction of sp³-hybridized carbons (Fsp3) is 0.0625. The Bertz CT molecular complexity index is 838. The Balaban J connectivity index is 1.89. The van der Waals surface area contributed by atoms with Crippen molar-refractivity contribution in [2.24, 2.45) is 0 Å². The molecule has 114 valence electrons. The average Bonchev–Trinajstić information content (AvgIpc) is 2.88. The highest BCUT2D eigenvalue weighted by Crippen LogP contribution is 2.34. The maximum atomic E-state index is 9.53. The van der Waals surface area contributed by atoms with Crippen molar-refractivity contribution in [1.29, 1.82) is 5.26 Å². The van der Waals surface area contributed by atoms with Crippen molar-refractivity contribution >= 4 is 46.0 Å². The van der Waals surface area contributed by atoms with Gasteiger partial charge in [-0.15, -0.1) is 0 Å². The van der Waals surface area contributed by atoms with E-state index in [2.05, 4.69) is 21.7 Å². The Morgan fingerprint density at radius 1 is 1.35 bits per heavy atom. The maximum Gasteiger partial charge on any atom is 0.155 e. The fourth-order valence-electron chi connectivity index (χ4n) is 2.25. The largest absolute Gasteiger partial charge is 0.345 e. The lowest BCUT2D eigenvalue weighted by atomic mass is 10.2. The van der Waals surface area contributed by atoms with Gasteiger partial charge in [-0.1, -0.05) is 23.8 Å². The number of thiocarbonyl (C=S) groups is 1. The van der Waals surface area contributed by atoms with Crippen LogP contribution in [0.5, 0.6) is 0 Å². The van der Waals surface area contributed by atoms with Crippen LogP contribution in [0.15, 0.2) is 54.0 Å². The maximum absolute atomic E-state index is 9.53. The number of rotatable bonds is 2. The Morgan fingerprint density at radius 2 is 2.09 bits per heavy atom. The predicted octanol–water partition coefficient (Wildman–Crippen LogP) is 3.77. The monoisotopic (exact) mass is 341 g/mol. The standard InChI is InChI=1S/C16H12ClN5S/c1-22-13-3-2-8-19-14(13)21-15(22)12(9-18)16(23)20-11-6-4-10(17)5-7-11/h2-8H,1H3,(H,19,21)(H,20,23)/b15-12+. The molecule has 23 heavy (non-hydrogen) atoms. The molecule has 0 aliphatic carbocycles. The molecule has 7 heteroatoms. The average molecular weight is 342 g/mol. The first-order chi connectivity index (χ1) is 11.1. The first-order valence-electron chi connectivity index (χ1n) is 6.77. The molecule has 3 rings (SSSR count). The highest BCUT2D eigenvalue weighted by molar-refractivity contribution is 7.81. The molecule has 0 saturated heterocycles. The molecule has 0 radical (unpaired) electrons. The molecule has 0 fully saturated rings. The van der Waals surface area contributed by atoms with Crippen molar-refractivity contribution in [3.05, 3.63) is 59.0 Å². The van der Waals surface area contributed by atoms with E-state index in [9.17, 15) is 5.26 Å². The highest BCUT2D eigenvalue weighted by atomic mass is 35.5. The van der Waals surface area contributed by atoms with E-state index in [1.54, 1.807) is 30.5 Å². The van der Waals surface area contributed by atoms with Crippen molar-refractivity contribution in [2.75, 3.05) is 22.6 Å². The number of pyridine rings is 1. The van der Waals surface area contributed by atoms with E-state index in [0.29, 0.717) is 27.2 Å². The lowest BCUT2D eigenvalue weighted by molar-refractivity contribution is 1.15. The summed E-state index contributed by atoms with van der Waals surface area (Å²) in [5.41, 5.74) is 2.00. The zero-order chi connectivity index (χ0) is 16.4. The van der Waals surface area contributed by atoms with Crippen LogP contribution in [0.3, 0.4) is 0 Å². The molecule has 0 atom stereocenters. The van der Waals surface area contributed by atoms with E-state index >= 15 is 0 Å². The van der Waals surface area contributed by atoms with Crippen molar-refractivity contribution in [3.63, 3.8) is 0 Å². The molecule has 0 amide bonds. The number of hydrogen-bond donors (Lipinski definition) is 2. The van der Waals surface area contributed by atoms with Gasteiger partial charge in [-0.05, 0) is 36.4 Å². The number of aromatic nitrogens is 1. The van der Waals surface area contributed by atoms with Gasteiger partial charge in [0, 0.05) is 24.0 Å². The number of benzene rings is 1. The van der Waals surface area contributed by atoms with E-state index in [1.165, 1.54) is 0 Å². The van der Waals surface area contributed by atoms with Gasteiger partial charge < -0.3 is 15.5 Å². The van der Waals surface area contributed by atoms with Crippen LogP contribution in [0, 0.1) is 11.3 Å². The molecular formula is C16H12ClN5S. The number of halogens is 1. The summed E-state index contributed by atoms with van der Waals surface area (Å²) >= 11 is 11.2. The SMILES string of the molecule is CN1/C(=C(\C#N)C(=S)Nc2ccc(Cl)cc2)Nc2ncccc21. The van der Waals surface area contributed by atoms with Crippen LogP contribution in [0.1, 0.15) is 0 Å². The number of fused-ring (bicyclic) bond motifs is 1. The Morgan fingerprint density at radius 3 is 2.74 bits per heavy atom. The zero-order valence-electron chi connectivity index (χ0n) is 12.2. The van der Waals surface area contributed by atoms with Gasteiger partial charge >= 0.3 is 0 Å². The molecule has 0 bridgehead atoms. The van der Waals surface area contributed by atoms with Crippen LogP contribution < -0.4 is 15.5 Å². The summed E-state index contributed by atoms with van der Waals surface area (Å²) in [5.74, 6) is 1.31. The number of nitriles is 1. The van der Waals surface area contributed by atoms with Crippen LogP contribution in [-0.2, 0) is 0 Å². The number of hydrogen-bond acceptors (Lipinski definition) is 5. The van der Waals surface area contributed by atoms with Crippen LogP contribution in [0.2, 0.25) is 5.02 Å². The minimum absolute atomic E-state index is 0.331. The third-order valence-corrected chi connectivity index (χ3v) is 3.96. The quantitative estimate of drug-likeness (QED) is 0.492. The third-order valence-electron chi connectivity index (χ3n) is 3.40. The van der Waals surface area contributed by atoms with Gasteiger partial charge in [0.2, 0.25) is 0 Å². The van der Waals surface area contributed by atoms with Gasteiger partial charge in [0.1, 0.15) is 22.5 Å². The normalized spacial score (nSPS) is 14.6. The third kappa shape index (κ3) is 2.97. The smallest absolute Gasteiger partial charge is 0.155 e. The minimum atomic E-state index is 0.331. The van der Waals surface area contributed by atoms with Crippen molar-refractivity contribution in [2.45, 2.75) is 0 Å². The molecule has 2 heterocycles. The van der Waals surface area contributed by atoms with Crippen LogP contribution in [0.25, 0.3) is 0 Å². The van der Waals surface area contributed by atoms with Crippen LogP contribution in [0.4, 0.5) is 17.2 Å². The summed E-state index contributed by atoms with van der Waals surface area (Å²) in [7, 11) is 1.86. The summed E-state index contributed by atoms with van der Waals surface area (Å²) < 4.78 is 0. The van der Waals surface area contributed by atoms with Gasteiger partial charge in [0.25, 0.3) is 0 Å². The van der Waals surface area contributed by atoms with E-state index in [1.807, 2.05) is 24.1 Å². The Hall–Kier alpha value is -2.62. The first-order valence-corrected chi connectivity index (χ1v) is 7.56. The number of anilines is 3. The second-order valence-electron chi connectivity index (χ2n) is 4.85. The zero-order valence-corrected chi connectivity index (χ0v) is 13.7. The summed E-state index contributed by atoms with van der Waals surface area (Å²) in [6.45, 7) is 0. The molecule has 1 aromatic carbocycles. The second-order valence-corrected chi connectivity index (χ2v) is 5.70. The number of nitrogens with one attached hydrogen (secondary N) is 2. The lowest BCUT2D eigenvalue weighted by Gasteiger charge is -2.16. The summed E-state index contributed by atoms with van der Waals surface area (Å²) in [5, 5.41) is 16.4. The van der Waals surface area contributed by atoms with Crippen molar-refractivity contribution < 1.29 is 0 Å². The van der Waals surface area contributed by atoms with E-state index in [4.69, 9.17) is 23.8 Å². The molecule has 1 aliphatic heterocycles. The molecular weight excluding hydrogens is 330 g/mol. The van der Waals surface area contributed by atoms with E-state index in [0.717, 1.165) is 11.4 Å². The molecule has 2 aromatic rings. The van der Waals surface area contributed by atoms with Gasteiger partial charge in [-0.25, -0.2) is 4.98 Å². The predicted molar refractivity (Wildman–Crippen MR) is 96.6 cm³/mol. The topological polar surface area (TPSA) is 64.0 Å². The Kier molecular flexibility index (Phi) is 4.15. The summed E-state index contributed by atoms with van der Waals surface area (Å²) in [4.78, 5) is 6.44. The summed E-state index contributed by atoms with van der Waals surface area (Å²) in [6.07, 6.45) is 1.69. The van der Waals surface area contributed by atoms with E-state index < -0.39 is 0 Å². The Labute approximate surface area is 144 Å². The fourth-order valence-corrected chi connectivity index (χ4v) is 2.63. The van der Waals surface area contributed by atoms with Gasteiger partial charge in [-0.2, -0.15) is 5.26 Å². The molecule has 1 aromatic heterocycles. The highest BCUT2D eigenvalue weighted by Gasteiger charge is 2.26. The molecule has 2 N–H and O–H groups in total. The molecule has 5 nitrogen and oxygen atoms in total. The molecule has 0 spiro atoms. The summed E-state index contributed by atoms with van der Waals surface area (Å²) in [6, 6.07) is 13.0. The van der Waals surface area contributed by atoms with E-state index in [-0.39, 0.29) is 0 Å². The second kappa shape index (κ2) is 6.24. The van der Waals surface area contributed by atoms with Gasteiger partial charge in [0.05, 0.1) is 5.69 Å². The minimum Gasteiger partial charge on any atom is -0.345 e. The molecule has 0 unspecified atom stereocenters. The van der Waals surface area contributed by atoms with Crippen LogP contribution in [-0.4, -0.2) is 17.0 Å². The molecule has 1 aliphatic rings. The van der Waals surface area contributed by atoms with Crippen molar-refractivity contribution in [3.8, 4) is 6.07 Å². The first kappa shape index (κ1) is 15.3. The van der Waals surface area contributed by atoms with Crippen molar-refractivity contribution in [1.82, 2.24) is 4.98 Å². The lowest BCUT2D eigenvalue weighted by Crippen LogP contribution is -2.22. The van der Waals surface area contributed by atoms with Gasteiger partial charge in [-0.3, -0.25) is 0 Å². The number of nitrogens with zero attached hydrogens (tertiary/aromatic N) is 3. The van der Waals surface area contributed by atoms with Crippen LogP contribution >= 0.6 is 23.8 Å². The molecule has 0 saturated carbocycles.